The molecule has 0 bridgehead atoms. The number of aliphatic imine (C=N–C) groups is 1. The van der Waals surface area contributed by atoms with Gasteiger partial charge in [-0.1, -0.05) is 18.7 Å². The number of ether oxygens (including phenoxy) is 1. The van der Waals surface area contributed by atoms with E-state index in [0.29, 0.717) is 35.7 Å². The lowest BCUT2D eigenvalue weighted by atomic mass is 10.1. The molecule has 1 aliphatic heterocycles. The number of halogens is 2. The lowest BCUT2D eigenvalue weighted by Gasteiger charge is -2.38. The number of amides is 1. The number of hydrogen-bond acceptors (Lipinski definition) is 8. The molecule has 7 N–H and O–H groups in total. The molecule has 11 nitrogen and oxygen atoms in total. The molecule has 2 atom stereocenters. The smallest absolute Gasteiger partial charge is 0.387 e. The molecular formula is C27H33F2N9O2. The van der Waals surface area contributed by atoms with Crippen LogP contribution < -0.4 is 37.3 Å². The first-order valence-corrected chi connectivity index (χ1v) is 12.6. The lowest BCUT2D eigenvalue weighted by Crippen LogP contribution is -2.54. The van der Waals surface area contributed by atoms with E-state index in [4.69, 9.17) is 16.3 Å². The molecule has 13 heteroatoms. The van der Waals surface area contributed by atoms with Gasteiger partial charge in [0.15, 0.2) is 5.75 Å². The van der Waals surface area contributed by atoms with Gasteiger partial charge in [-0.25, -0.2) is 10.8 Å². The summed E-state index contributed by atoms with van der Waals surface area (Å²) in [7, 11) is 1.82. The van der Waals surface area contributed by atoms with Gasteiger partial charge in [-0.15, -0.1) is 0 Å². The van der Waals surface area contributed by atoms with Gasteiger partial charge in [0.2, 0.25) is 5.91 Å². The van der Waals surface area contributed by atoms with Crippen molar-refractivity contribution >= 4 is 45.4 Å². The number of hydrogen-bond donors (Lipinski definition) is 5. The van der Waals surface area contributed by atoms with Gasteiger partial charge in [0.05, 0.1) is 23.1 Å². The van der Waals surface area contributed by atoms with Gasteiger partial charge in [-0.2, -0.15) is 13.9 Å². The Kier molecular flexibility index (Phi) is 8.65. The highest BCUT2D eigenvalue weighted by Gasteiger charge is 2.25. The fourth-order valence-electron chi connectivity index (χ4n) is 4.69. The monoisotopic (exact) mass is 553 g/mol. The van der Waals surface area contributed by atoms with Crippen molar-refractivity contribution in [3.8, 4) is 5.75 Å². The molecule has 212 valence electrons. The Labute approximate surface area is 230 Å². The van der Waals surface area contributed by atoms with Crippen LogP contribution in [0.1, 0.15) is 19.4 Å². The Balaban J connectivity index is 1.79. The van der Waals surface area contributed by atoms with Gasteiger partial charge in [0.1, 0.15) is 11.5 Å². The van der Waals surface area contributed by atoms with Crippen LogP contribution in [0, 0.1) is 0 Å². The number of alkyl halides is 2. The first-order valence-electron chi connectivity index (χ1n) is 12.6. The second kappa shape index (κ2) is 12.1. The standard InChI is InChI=1S/C27H33F2N9O2/c1-5-26(39)35-20-10-21(24(40-27(28)29)11-23(20)38-13-15(2)33-16(3)14-38)34-25(36-31)9-19(30)17-6-7-18-12-32-37(4)22(18)8-17/h5-12,15-16,27,33H,1,13-14,30-31H2,2-4H3,(H,34,36)(H,35,39)/t15-,16+. The van der Waals surface area contributed by atoms with Gasteiger partial charge in [0, 0.05) is 55.4 Å². The van der Waals surface area contributed by atoms with E-state index in [-0.39, 0.29) is 29.4 Å². The van der Waals surface area contributed by atoms with Gasteiger partial charge in [0.25, 0.3) is 0 Å². The summed E-state index contributed by atoms with van der Waals surface area (Å²) in [5, 5.41) is 11.3. The number of carbonyl (C=O) groups excluding carboxylic acids is 1. The maximum Gasteiger partial charge on any atom is 0.387 e. The summed E-state index contributed by atoms with van der Waals surface area (Å²) in [4.78, 5) is 18.7. The van der Waals surface area contributed by atoms with Crippen molar-refractivity contribution < 1.29 is 18.3 Å². The van der Waals surface area contributed by atoms with Crippen LogP contribution in [0.4, 0.5) is 25.8 Å². The number of amidine groups is 1. The summed E-state index contributed by atoms with van der Waals surface area (Å²) in [6, 6.07) is 8.70. The van der Waals surface area contributed by atoms with Crippen LogP contribution >= 0.6 is 0 Å². The van der Waals surface area contributed by atoms with E-state index in [0.717, 1.165) is 17.0 Å². The van der Waals surface area contributed by atoms with Gasteiger partial charge in [-0.05, 0) is 37.6 Å². The molecule has 1 aromatic heterocycles. The minimum atomic E-state index is -3.11. The molecule has 0 unspecified atom stereocenters. The largest absolute Gasteiger partial charge is 0.432 e. The highest BCUT2D eigenvalue weighted by Crippen LogP contribution is 2.40. The van der Waals surface area contributed by atoms with Crippen molar-refractivity contribution in [2.45, 2.75) is 32.5 Å². The highest BCUT2D eigenvalue weighted by atomic mass is 19.3. The predicted octanol–water partition coefficient (Wildman–Crippen LogP) is 2.98. The fourth-order valence-corrected chi connectivity index (χ4v) is 4.69. The van der Waals surface area contributed by atoms with Crippen LogP contribution in [0.2, 0.25) is 0 Å². The zero-order valence-electron chi connectivity index (χ0n) is 22.5. The van der Waals surface area contributed by atoms with Crippen LogP contribution in [-0.2, 0) is 11.8 Å². The van der Waals surface area contributed by atoms with Crippen LogP contribution in [-0.4, -0.2) is 53.3 Å². The zero-order chi connectivity index (χ0) is 29.0. The summed E-state index contributed by atoms with van der Waals surface area (Å²) < 4.78 is 33.6. The third-order valence-electron chi connectivity index (χ3n) is 6.40. The molecule has 3 aromatic rings. The average molecular weight is 554 g/mol. The number of rotatable bonds is 8. The number of carbonyl (C=O) groups is 1. The summed E-state index contributed by atoms with van der Waals surface area (Å²) in [6.07, 6.45) is 4.33. The maximum atomic E-state index is 13.5. The van der Waals surface area contributed by atoms with Crippen molar-refractivity contribution in [3.63, 3.8) is 0 Å². The van der Waals surface area contributed by atoms with E-state index in [9.17, 15) is 13.6 Å². The molecule has 2 heterocycles. The van der Waals surface area contributed by atoms with E-state index in [1.54, 1.807) is 10.9 Å². The van der Waals surface area contributed by atoms with E-state index in [2.05, 4.69) is 32.7 Å². The van der Waals surface area contributed by atoms with Crippen molar-refractivity contribution in [1.82, 2.24) is 20.5 Å². The molecule has 0 radical (unpaired) electrons. The van der Waals surface area contributed by atoms with Crippen molar-refractivity contribution in [1.29, 1.82) is 0 Å². The normalized spacial score (nSPS) is 18.2. The second-order valence-electron chi connectivity index (χ2n) is 9.57. The maximum absolute atomic E-state index is 13.5. The Morgan fingerprint density at radius 2 is 2.00 bits per heavy atom. The van der Waals surface area contributed by atoms with Gasteiger partial charge >= 0.3 is 6.61 Å². The van der Waals surface area contributed by atoms with E-state index < -0.39 is 12.5 Å². The molecule has 1 aliphatic rings. The van der Waals surface area contributed by atoms with E-state index >= 15 is 0 Å². The number of nitrogens with one attached hydrogen (secondary N) is 3. The fraction of sp³-hybridized carbons (Fsp3) is 0.296. The Morgan fingerprint density at radius 3 is 2.65 bits per heavy atom. The zero-order valence-corrected chi connectivity index (χ0v) is 22.5. The van der Waals surface area contributed by atoms with Crippen LogP contribution in [0.5, 0.6) is 5.75 Å². The van der Waals surface area contributed by atoms with Crippen LogP contribution in [0.25, 0.3) is 16.6 Å². The number of aromatic nitrogens is 2. The summed E-state index contributed by atoms with van der Waals surface area (Å²) in [5.41, 5.74) is 11.5. The Morgan fingerprint density at radius 1 is 1.27 bits per heavy atom. The van der Waals surface area contributed by atoms with Crippen LogP contribution in [0.3, 0.4) is 0 Å². The summed E-state index contributed by atoms with van der Waals surface area (Å²) in [6.45, 7) is 5.58. The molecule has 1 amide bonds. The second-order valence-corrected chi connectivity index (χ2v) is 9.57. The number of nitrogens with two attached hydrogens (primary N) is 2. The number of benzene rings is 2. The molecular weight excluding hydrogens is 520 g/mol. The van der Waals surface area contributed by atoms with Gasteiger partial charge < -0.3 is 31.4 Å². The van der Waals surface area contributed by atoms with Crippen molar-refractivity contribution in [2.24, 2.45) is 23.6 Å². The molecule has 1 saturated heterocycles. The number of fused-ring (bicyclic) bond motifs is 1. The topological polar surface area (TPSA) is 148 Å². The van der Waals surface area contributed by atoms with Crippen LogP contribution in [0.15, 0.2) is 60.3 Å². The van der Waals surface area contributed by atoms with Crippen molar-refractivity contribution in [3.05, 3.63) is 60.8 Å². The number of nitrogens with zero attached hydrogens (tertiary/aromatic N) is 4. The van der Waals surface area contributed by atoms with Gasteiger partial charge in [-0.3, -0.25) is 9.48 Å². The highest BCUT2D eigenvalue weighted by molar-refractivity contribution is 6.03. The molecule has 40 heavy (non-hydrogen) atoms. The molecule has 0 aliphatic carbocycles. The average Bonchev–Trinajstić information content (AvgIpc) is 3.28. The predicted molar refractivity (Wildman–Crippen MR) is 153 cm³/mol. The van der Waals surface area contributed by atoms with E-state index in [1.807, 2.05) is 44.0 Å². The molecule has 0 spiro atoms. The molecule has 4 rings (SSSR count). The summed E-state index contributed by atoms with van der Waals surface area (Å²) >= 11 is 0. The minimum absolute atomic E-state index is 0.00118. The van der Waals surface area contributed by atoms with E-state index in [1.165, 1.54) is 18.2 Å². The SMILES string of the molecule is C=CC(=O)Nc1cc(N=C(C=C(N)c2ccc3cnn(C)c3c2)NN)c(OC(F)F)cc1N1C[C@@H](C)N[C@@H](C)C1. The Bertz CT molecular complexity index is 1460. The number of hydrazine groups is 1. The Hall–Kier alpha value is -4.49. The molecule has 2 aromatic carbocycles. The first kappa shape index (κ1) is 28.5. The minimum Gasteiger partial charge on any atom is -0.432 e. The number of aryl methyl sites for hydroxylation is 1. The lowest BCUT2D eigenvalue weighted by molar-refractivity contribution is -0.111. The van der Waals surface area contributed by atoms with Crippen molar-refractivity contribution in [2.75, 3.05) is 23.3 Å². The first-order chi connectivity index (χ1) is 19.1. The summed E-state index contributed by atoms with van der Waals surface area (Å²) in [5.74, 6) is 5.13. The third-order valence-corrected chi connectivity index (χ3v) is 6.40. The number of piperazine rings is 1. The third kappa shape index (κ3) is 6.55. The molecule has 1 fully saturated rings. The molecule has 0 saturated carbocycles. The quantitative estimate of drug-likeness (QED) is 0.0940. The number of anilines is 2.